The highest BCUT2D eigenvalue weighted by atomic mass is 32.2. The van der Waals surface area contributed by atoms with Crippen molar-refractivity contribution in [3.8, 4) is 0 Å². The van der Waals surface area contributed by atoms with E-state index in [1.54, 1.807) is 11.8 Å². The van der Waals surface area contributed by atoms with Crippen LogP contribution in [0.15, 0.2) is 18.2 Å². The molecule has 1 aromatic carbocycles. The molecule has 2 N–H and O–H groups in total. The molecule has 18 heavy (non-hydrogen) atoms. The first kappa shape index (κ1) is 11.9. The van der Waals surface area contributed by atoms with Crippen molar-refractivity contribution in [2.24, 2.45) is 0 Å². The van der Waals surface area contributed by atoms with Crippen LogP contribution in [0.5, 0.6) is 0 Å². The van der Waals surface area contributed by atoms with Crippen LogP contribution in [0.4, 0.5) is 11.4 Å². The fraction of sp³-hybridized carbons (Fsp3) is 0.500. The topological polar surface area (TPSA) is 46.3 Å². The summed E-state index contributed by atoms with van der Waals surface area (Å²) in [6, 6.07) is 5.91. The lowest BCUT2D eigenvalue weighted by Gasteiger charge is -2.31. The highest BCUT2D eigenvalue weighted by molar-refractivity contribution is 8.00. The lowest BCUT2D eigenvalue weighted by Crippen LogP contribution is -2.40. The highest BCUT2D eigenvalue weighted by Crippen LogP contribution is 2.33. The number of rotatable bonds is 1. The number of amides is 1. The Morgan fingerprint density at radius 2 is 2.28 bits per heavy atom. The van der Waals surface area contributed by atoms with Crippen LogP contribution in [-0.2, 0) is 11.2 Å². The van der Waals surface area contributed by atoms with Crippen LogP contribution >= 0.6 is 11.8 Å². The standard InChI is InChI=1S/C14H18N2OS/c15-11-5-6-12-10(9-11)3-1-7-16(12)14(17)13-4-2-8-18-13/h5-6,9,13H,1-4,7-8,15H2. The van der Waals surface area contributed by atoms with E-state index in [0.717, 1.165) is 42.9 Å². The maximum Gasteiger partial charge on any atom is 0.240 e. The van der Waals surface area contributed by atoms with Gasteiger partial charge in [0.05, 0.1) is 5.25 Å². The van der Waals surface area contributed by atoms with Gasteiger partial charge in [0.2, 0.25) is 5.91 Å². The van der Waals surface area contributed by atoms with Gasteiger partial charge in [-0.2, -0.15) is 0 Å². The predicted octanol–water partition coefficient (Wildman–Crippen LogP) is 2.44. The molecular formula is C14H18N2OS. The van der Waals surface area contributed by atoms with Crippen molar-refractivity contribution in [3.63, 3.8) is 0 Å². The van der Waals surface area contributed by atoms with Gasteiger partial charge in [0.1, 0.15) is 0 Å². The number of hydrogen-bond acceptors (Lipinski definition) is 3. The minimum absolute atomic E-state index is 0.175. The summed E-state index contributed by atoms with van der Waals surface area (Å²) in [4.78, 5) is 14.5. The van der Waals surface area contributed by atoms with Crippen molar-refractivity contribution in [1.82, 2.24) is 0 Å². The highest BCUT2D eigenvalue weighted by Gasteiger charge is 2.30. The molecule has 2 heterocycles. The van der Waals surface area contributed by atoms with E-state index < -0.39 is 0 Å². The van der Waals surface area contributed by atoms with Crippen molar-refractivity contribution in [3.05, 3.63) is 23.8 Å². The second-order valence-corrected chi connectivity index (χ2v) is 6.29. The van der Waals surface area contributed by atoms with Crippen LogP contribution in [0.2, 0.25) is 0 Å². The van der Waals surface area contributed by atoms with E-state index in [-0.39, 0.29) is 5.25 Å². The first-order chi connectivity index (χ1) is 8.75. The Morgan fingerprint density at radius 3 is 3.06 bits per heavy atom. The molecule has 0 aromatic heterocycles. The third kappa shape index (κ3) is 2.09. The zero-order valence-electron chi connectivity index (χ0n) is 10.4. The van der Waals surface area contributed by atoms with E-state index in [0.29, 0.717) is 5.91 Å². The Labute approximate surface area is 112 Å². The van der Waals surface area contributed by atoms with Gasteiger partial charge in [-0.05, 0) is 55.2 Å². The second kappa shape index (κ2) is 4.84. The number of hydrogen-bond donors (Lipinski definition) is 1. The van der Waals surface area contributed by atoms with E-state index in [2.05, 4.69) is 0 Å². The zero-order valence-corrected chi connectivity index (χ0v) is 11.2. The van der Waals surface area contributed by atoms with Crippen molar-refractivity contribution >= 4 is 29.0 Å². The second-order valence-electron chi connectivity index (χ2n) is 4.98. The van der Waals surface area contributed by atoms with Crippen LogP contribution in [0, 0.1) is 0 Å². The number of carbonyl (C=O) groups excluding carboxylic acids is 1. The molecule has 0 radical (unpaired) electrons. The Kier molecular flexibility index (Phi) is 3.20. The van der Waals surface area contributed by atoms with Crippen molar-refractivity contribution in [2.45, 2.75) is 30.9 Å². The fourth-order valence-corrected chi connectivity index (χ4v) is 4.01. The Morgan fingerprint density at radius 1 is 1.39 bits per heavy atom. The molecule has 3 rings (SSSR count). The van der Waals surface area contributed by atoms with Crippen LogP contribution in [0.1, 0.15) is 24.8 Å². The molecule has 1 unspecified atom stereocenters. The SMILES string of the molecule is Nc1ccc2c(c1)CCCN2C(=O)C1CCCS1. The number of thioether (sulfide) groups is 1. The summed E-state index contributed by atoms with van der Waals surface area (Å²) >= 11 is 1.81. The first-order valence-corrected chi connectivity index (χ1v) is 7.62. The molecule has 0 saturated carbocycles. The number of carbonyl (C=O) groups is 1. The quantitative estimate of drug-likeness (QED) is 0.791. The summed E-state index contributed by atoms with van der Waals surface area (Å²) < 4.78 is 0. The molecule has 2 aliphatic heterocycles. The molecule has 1 atom stereocenters. The van der Waals surface area contributed by atoms with Gasteiger partial charge >= 0.3 is 0 Å². The number of nitrogens with two attached hydrogens (primary N) is 1. The molecule has 0 bridgehead atoms. The van der Waals surface area contributed by atoms with Crippen molar-refractivity contribution in [2.75, 3.05) is 22.9 Å². The summed E-state index contributed by atoms with van der Waals surface area (Å²) in [6.45, 7) is 0.854. The molecule has 1 aromatic rings. The largest absolute Gasteiger partial charge is 0.399 e. The van der Waals surface area contributed by atoms with Gasteiger partial charge in [-0.3, -0.25) is 4.79 Å². The smallest absolute Gasteiger partial charge is 0.240 e. The maximum atomic E-state index is 12.5. The summed E-state index contributed by atoms with van der Waals surface area (Å²) in [6.07, 6.45) is 4.27. The van der Waals surface area contributed by atoms with Gasteiger partial charge in [-0.1, -0.05) is 0 Å². The lowest BCUT2D eigenvalue weighted by atomic mass is 10.0. The summed E-state index contributed by atoms with van der Waals surface area (Å²) in [7, 11) is 0. The van der Waals surface area contributed by atoms with E-state index in [4.69, 9.17) is 5.73 Å². The summed E-state index contributed by atoms with van der Waals surface area (Å²) in [5.41, 5.74) is 8.90. The molecule has 0 spiro atoms. The third-order valence-electron chi connectivity index (χ3n) is 3.69. The molecule has 2 aliphatic rings. The molecule has 96 valence electrons. The number of anilines is 2. The van der Waals surface area contributed by atoms with Crippen molar-refractivity contribution < 1.29 is 4.79 Å². The molecule has 1 fully saturated rings. The monoisotopic (exact) mass is 262 g/mol. The van der Waals surface area contributed by atoms with Crippen LogP contribution < -0.4 is 10.6 Å². The van der Waals surface area contributed by atoms with E-state index in [9.17, 15) is 4.79 Å². The Balaban J connectivity index is 1.88. The Bertz CT molecular complexity index is 469. The molecule has 3 nitrogen and oxygen atoms in total. The van der Waals surface area contributed by atoms with E-state index in [1.807, 2.05) is 23.1 Å². The molecule has 1 amide bonds. The number of nitrogens with zero attached hydrogens (tertiary/aromatic N) is 1. The molecule has 0 aliphatic carbocycles. The number of aryl methyl sites for hydroxylation is 1. The number of fused-ring (bicyclic) bond motifs is 1. The number of nitrogen functional groups attached to an aromatic ring is 1. The van der Waals surface area contributed by atoms with Crippen LogP contribution in [0.25, 0.3) is 0 Å². The predicted molar refractivity (Wildman–Crippen MR) is 77.0 cm³/mol. The van der Waals surface area contributed by atoms with Gasteiger partial charge < -0.3 is 10.6 Å². The zero-order chi connectivity index (χ0) is 12.5. The van der Waals surface area contributed by atoms with Gasteiger partial charge in [0.15, 0.2) is 0 Å². The van der Waals surface area contributed by atoms with Crippen LogP contribution in [0.3, 0.4) is 0 Å². The van der Waals surface area contributed by atoms with Gasteiger partial charge in [0, 0.05) is 17.9 Å². The lowest BCUT2D eigenvalue weighted by molar-refractivity contribution is -0.118. The third-order valence-corrected chi connectivity index (χ3v) is 5.06. The minimum atomic E-state index is 0.175. The minimum Gasteiger partial charge on any atom is -0.399 e. The summed E-state index contributed by atoms with van der Waals surface area (Å²) in [5.74, 6) is 1.42. The normalized spacial score (nSPS) is 22.9. The average Bonchev–Trinajstić information content (AvgIpc) is 2.90. The molecule has 4 heteroatoms. The Hall–Kier alpha value is -1.16. The number of benzene rings is 1. The van der Waals surface area contributed by atoms with Crippen molar-refractivity contribution in [1.29, 1.82) is 0 Å². The fourth-order valence-electron chi connectivity index (χ4n) is 2.79. The van der Waals surface area contributed by atoms with Crippen LogP contribution in [-0.4, -0.2) is 23.5 Å². The van der Waals surface area contributed by atoms with Gasteiger partial charge in [0.25, 0.3) is 0 Å². The van der Waals surface area contributed by atoms with Gasteiger partial charge in [-0.25, -0.2) is 0 Å². The van der Waals surface area contributed by atoms with E-state index in [1.165, 1.54) is 12.0 Å². The van der Waals surface area contributed by atoms with Gasteiger partial charge in [-0.15, -0.1) is 11.8 Å². The summed E-state index contributed by atoms with van der Waals surface area (Å²) in [5, 5.41) is 0.175. The molecular weight excluding hydrogens is 244 g/mol. The maximum absolute atomic E-state index is 12.5. The molecule has 1 saturated heterocycles. The van der Waals surface area contributed by atoms with E-state index >= 15 is 0 Å². The average molecular weight is 262 g/mol. The first-order valence-electron chi connectivity index (χ1n) is 6.57.